The van der Waals surface area contributed by atoms with Crippen LogP contribution >= 0.6 is 0 Å². The maximum absolute atomic E-state index is 13.4. The second-order valence-corrected chi connectivity index (χ2v) is 8.74. The topological polar surface area (TPSA) is 56.6 Å². The first-order valence-electron chi connectivity index (χ1n) is 10.5. The van der Waals surface area contributed by atoms with Crippen LogP contribution in [-0.4, -0.2) is 50.2 Å². The maximum Gasteiger partial charge on any atom is 0.417 e. The largest absolute Gasteiger partial charge is 0.417 e. The number of ether oxygens (including phenoxy) is 1. The number of benzene rings is 1. The summed E-state index contributed by atoms with van der Waals surface area (Å²) in [5, 5.41) is 9.06. The number of fused-ring (bicyclic) bond motifs is 1. The monoisotopic (exact) mass is 421 g/mol. The van der Waals surface area contributed by atoms with E-state index in [-0.39, 0.29) is 28.7 Å². The predicted molar refractivity (Wildman–Crippen MR) is 105 cm³/mol. The average molecular weight is 421 g/mol. The molecule has 1 saturated carbocycles. The van der Waals surface area contributed by atoms with Gasteiger partial charge >= 0.3 is 6.18 Å². The first-order valence-corrected chi connectivity index (χ1v) is 10.5. The van der Waals surface area contributed by atoms with Crippen molar-refractivity contribution in [3.8, 4) is 6.07 Å². The first kappa shape index (κ1) is 21.0. The van der Waals surface area contributed by atoms with Crippen LogP contribution in [0.5, 0.6) is 0 Å². The molecular formula is C22H26F3N3O2. The molecule has 3 fully saturated rings. The van der Waals surface area contributed by atoms with Crippen LogP contribution in [0.2, 0.25) is 0 Å². The second kappa shape index (κ2) is 7.77. The third-order valence-corrected chi connectivity index (χ3v) is 6.69. The summed E-state index contributed by atoms with van der Waals surface area (Å²) in [6, 6.07) is 5.56. The summed E-state index contributed by atoms with van der Waals surface area (Å²) in [7, 11) is 0. The highest BCUT2D eigenvalue weighted by molar-refractivity contribution is 5.81. The fraction of sp³-hybridized carbons (Fsp3) is 0.636. The lowest BCUT2D eigenvalue weighted by Gasteiger charge is -2.44. The van der Waals surface area contributed by atoms with Crippen molar-refractivity contribution in [2.45, 2.75) is 32.4 Å². The number of hydrogen-bond donors (Lipinski definition) is 0. The Morgan fingerprint density at radius 3 is 2.70 bits per heavy atom. The minimum Gasteiger partial charge on any atom is -0.381 e. The number of nitrogens with zero attached hydrogens (tertiary/aromatic N) is 3. The fourth-order valence-electron chi connectivity index (χ4n) is 4.93. The third-order valence-electron chi connectivity index (χ3n) is 6.69. The molecule has 0 bridgehead atoms. The third kappa shape index (κ3) is 3.87. The van der Waals surface area contributed by atoms with E-state index in [4.69, 9.17) is 10.00 Å². The van der Waals surface area contributed by atoms with Crippen molar-refractivity contribution < 1.29 is 22.7 Å². The predicted octanol–water partition coefficient (Wildman–Crippen LogP) is 3.68. The zero-order valence-electron chi connectivity index (χ0n) is 17.0. The summed E-state index contributed by atoms with van der Waals surface area (Å²) in [5.74, 6) is 0.605. The molecule has 1 aromatic carbocycles. The van der Waals surface area contributed by atoms with E-state index >= 15 is 0 Å². The van der Waals surface area contributed by atoms with E-state index in [1.165, 1.54) is 6.07 Å². The van der Waals surface area contributed by atoms with Crippen LogP contribution in [0.3, 0.4) is 0 Å². The molecule has 2 aliphatic heterocycles. The summed E-state index contributed by atoms with van der Waals surface area (Å²) in [6.07, 6.45) is -1.85. The van der Waals surface area contributed by atoms with Crippen molar-refractivity contribution in [2.75, 3.05) is 44.3 Å². The average Bonchev–Trinajstić information content (AvgIpc) is 3.50. The lowest BCUT2D eigenvalue weighted by Crippen LogP contribution is -2.53. The van der Waals surface area contributed by atoms with Gasteiger partial charge in [0.15, 0.2) is 0 Å². The number of halogens is 3. The molecule has 0 spiro atoms. The van der Waals surface area contributed by atoms with E-state index in [1.807, 2.05) is 16.7 Å². The van der Waals surface area contributed by atoms with E-state index in [0.717, 1.165) is 25.3 Å². The zero-order chi connectivity index (χ0) is 21.5. The van der Waals surface area contributed by atoms with Crippen LogP contribution in [0, 0.1) is 28.6 Å². The molecule has 5 nitrogen and oxygen atoms in total. The number of piperidine rings is 1. The van der Waals surface area contributed by atoms with Gasteiger partial charge in [0, 0.05) is 49.8 Å². The standard InChI is InChI=1S/C22H26F3N3O2/c1-2-30-14-21-12-27(20(29)15-3-4-15)8-7-17(21)11-28(13-21)18-6-5-16(10-26)19(9-18)22(23,24)25/h5-6,9,15,17H,2-4,7-8,11-14H2,1H3. The van der Waals surface area contributed by atoms with E-state index in [1.54, 1.807) is 12.1 Å². The van der Waals surface area contributed by atoms with Gasteiger partial charge in [0.1, 0.15) is 0 Å². The molecule has 2 heterocycles. The molecule has 1 aliphatic carbocycles. The molecule has 2 unspecified atom stereocenters. The molecule has 3 aliphatic rings. The van der Waals surface area contributed by atoms with Crippen LogP contribution in [-0.2, 0) is 15.7 Å². The molecule has 30 heavy (non-hydrogen) atoms. The molecule has 4 rings (SSSR count). The maximum atomic E-state index is 13.4. The molecule has 2 saturated heterocycles. The van der Waals surface area contributed by atoms with Gasteiger partial charge < -0.3 is 14.5 Å². The molecule has 1 aromatic rings. The normalized spacial score (nSPS) is 26.4. The molecule has 1 amide bonds. The molecule has 0 N–H and O–H groups in total. The van der Waals surface area contributed by atoms with E-state index < -0.39 is 11.7 Å². The number of carbonyl (C=O) groups excluding carboxylic acids is 1. The number of hydrogen-bond acceptors (Lipinski definition) is 4. The first-order chi connectivity index (χ1) is 14.3. The number of nitriles is 1. The fourth-order valence-corrected chi connectivity index (χ4v) is 4.93. The van der Waals surface area contributed by atoms with Crippen molar-refractivity contribution in [1.29, 1.82) is 5.26 Å². The summed E-state index contributed by atoms with van der Waals surface area (Å²) >= 11 is 0. The Morgan fingerprint density at radius 2 is 2.07 bits per heavy atom. The van der Waals surface area contributed by atoms with Crippen LogP contribution in [0.4, 0.5) is 18.9 Å². The van der Waals surface area contributed by atoms with Crippen LogP contribution in [0.15, 0.2) is 18.2 Å². The minimum atomic E-state index is -4.58. The Kier molecular flexibility index (Phi) is 5.43. The van der Waals surface area contributed by atoms with Gasteiger partial charge in [-0.1, -0.05) is 0 Å². The second-order valence-electron chi connectivity index (χ2n) is 8.74. The number of carbonyl (C=O) groups is 1. The molecule has 0 aromatic heterocycles. The van der Waals surface area contributed by atoms with Gasteiger partial charge in [-0.3, -0.25) is 4.79 Å². The van der Waals surface area contributed by atoms with Crippen molar-refractivity contribution in [2.24, 2.45) is 17.3 Å². The molecular weight excluding hydrogens is 395 g/mol. The minimum absolute atomic E-state index is 0.149. The van der Waals surface area contributed by atoms with Crippen molar-refractivity contribution in [3.05, 3.63) is 29.3 Å². The van der Waals surface area contributed by atoms with Crippen LogP contribution < -0.4 is 4.90 Å². The molecule has 2 atom stereocenters. The Morgan fingerprint density at radius 1 is 1.30 bits per heavy atom. The van der Waals surface area contributed by atoms with Gasteiger partial charge in [0.25, 0.3) is 0 Å². The smallest absolute Gasteiger partial charge is 0.381 e. The Balaban J connectivity index is 1.60. The molecule has 162 valence electrons. The lowest BCUT2D eigenvalue weighted by molar-refractivity contribution is -0.139. The van der Waals surface area contributed by atoms with Crippen molar-refractivity contribution in [1.82, 2.24) is 4.90 Å². The molecule has 0 radical (unpaired) electrons. The Bertz CT molecular complexity index is 862. The molecule has 8 heteroatoms. The number of rotatable bonds is 5. The van der Waals surface area contributed by atoms with Gasteiger partial charge in [-0.05, 0) is 50.3 Å². The number of likely N-dealkylation sites (tertiary alicyclic amines) is 1. The van der Waals surface area contributed by atoms with Crippen LogP contribution in [0.25, 0.3) is 0 Å². The summed E-state index contributed by atoms with van der Waals surface area (Å²) in [4.78, 5) is 16.6. The SMILES string of the molecule is CCOCC12CN(C(=O)C3CC3)CCC1CN(c1ccc(C#N)c(C(F)(F)F)c1)C2. The lowest BCUT2D eigenvalue weighted by atomic mass is 9.74. The highest BCUT2D eigenvalue weighted by Crippen LogP contribution is 2.46. The van der Waals surface area contributed by atoms with Gasteiger partial charge in [0.2, 0.25) is 5.91 Å². The summed E-state index contributed by atoms with van der Waals surface area (Å²) in [6.45, 7) is 5.41. The van der Waals surface area contributed by atoms with E-state index in [9.17, 15) is 18.0 Å². The summed E-state index contributed by atoms with van der Waals surface area (Å²) in [5.41, 5.74) is -1.09. The Hall–Kier alpha value is -2.27. The summed E-state index contributed by atoms with van der Waals surface area (Å²) < 4.78 is 46.1. The number of anilines is 1. The van der Waals surface area contributed by atoms with Gasteiger partial charge in [-0.15, -0.1) is 0 Å². The van der Waals surface area contributed by atoms with Crippen molar-refractivity contribution >= 4 is 11.6 Å². The zero-order valence-corrected chi connectivity index (χ0v) is 17.0. The van der Waals surface area contributed by atoms with Gasteiger partial charge in [-0.25, -0.2) is 0 Å². The number of amides is 1. The van der Waals surface area contributed by atoms with Gasteiger partial charge in [0.05, 0.1) is 23.8 Å². The van der Waals surface area contributed by atoms with E-state index in [2.05, 4.69) is 0 Å². The Labute approximate surface area is 174 Å². The van der Waals surface area contributed by atoms with E-state index in [0.29, 0.717) is 45.1 Å². The van der Waals surface area contributed by atoms with Crippen molar-refractivity contribution in [3.63, 3.8) is 0 Å². The highest BCUT2D eigenvalue weighted by Gasteiger charge is 2.52. The number of alkyl halides is 3. The van der Waals surface area contributed by atoms with Gasteiger partial charge in [-0.2, -0.15) is 18.4 Å². The highest BCUT2D eigenvalue weighted by atomic mass is 19.4. The quantitative estimate of drug-likeness (QED) is 0.728. The van der Waals surface area contributed by atoms with Crippen LogP contribution in [0.1, 0.15) is 37.3 Å².